The van der Waals surface area contributed by atoms with Crippen LogP contribution < -0.4 is 5.73 Å². The zero-order valence-electron chi connectivity index (χ0n) is 12.6. The standard InChI is InChI=1S/C17H26BrNO/c1-13(2)15-6-8-17(12-19,9-7-15)20-11-14-4-3-5-16(18)10-14/h3-5,10,13,15H,6-9,11-12,19H2,1-2H3. The van der Waals surface area contributed by atoms with Crippen molar-refractivity contribution in [2.75, 3.05) is 6.54 Å². The van der Waals surface area contributed by atoms with Crippen LogP contribution in [0.5, 0.6) is 0 Å². The molecule has 2 rings (SSSR count). The molecule has 0 bridgehead atoms. The second-order valence-corrected chi connectivity index (χ2v) is 7.30. The van der Waals surface area contributed by atoms with Crippen molar-refractivity contribution in [1.82, 2.24) is 0 Å². The first kappa shape index (κ1) is 16.0. The predicted octanol–water partition coefficient (Wildman–Crippen LogP) is 4.51. The Morgan fingerprint density at radius 2 is 2.05 bits per heavy atom. The summed E-state index contributed by atoms with van der Waals surface area (Å²) < 4.78 is 7.34. The molecule has 1 fully saturated rings. The quantitative estimate of drug-likeness (QED) is 0.856. The van der Waals surface area contributed by atoms with Gasteiger partial charge < -0.3 is 10.5 Å². The Hall–Kier alpha value is -0.380. The van der Waals surface area contributed by atoms with E-state index in [2.05, 4.69) is 41.9 Å². The minimum atomic E-state index is -0.103. The Morgan fingerprint density at radius 3 is 2.60 bits per heavy atom. The van der Waals surface area contributed by atoms with Gasteiger partial charge in [0.2, 0.25) is 0 Å². The van der Waals surface area contributed by atoms with Gasteiger partial charge in [0.05, 0.1) is 12.2 Å². The first-order valence-corrected chi connectivity index (χ1v) is 8.42. The van der Waals surface area contributed by atoms with E-state index in [1.807, 2.05) is 12.1 Å². The average molecular weight is 340 g/mol. The summed E-state index contributed by atoms with van der Waals surface area (Å²) in [6.07, 6.45) is 4.68. The fraction of sp³-hybridized carbons (Fsp3) is 0.647. The van der Waals surface area contributed by atoms with Gasteiger partial charge in [-0.15, -0.1) is 0 Å². The van der Waals surface area contributed by atoms with Crippen molar-refractivity contribution in [3.05, 3.63) is 34.3 Å². The summed E-state index contributed by atoms with van der Waals surface area (Å²) in [5.74, 6) is 1.61. The third-order valence-corrected chi connectivity index (χ3v) is 5.18. The number of rotatable bonds is 5. The molecule has 1 aromatic carbocycles. The van der Waals surface area contributed by atoms with Crippen molar-refractivity contribution in [2.45, 2.75) is 51.7 Å². The van der Waals surface area contributed by atoms with Gasteiger partial charge in [-0.05, 0) is 55.2 Å². The van der Waals surface area contributed by atoms with Gasteiger partial charge in [-0.3, -0.25) is 0 Å². The zero-order valence-corrected chi connectivity index (χ0v) is 14.2. The molecule has 1 saturated carbocycles. The van der Waals surface area contributed by atoms with Gasteiger partial charge in [-0.25, -0.2) is 0 Å². The maximum Gasteiger partial charge on any atom is 0.0808 e. The highest BCUT2D eigenvalue weighted by molar-refractivity contribution is 9.10. The van der Waals surface area contributed by atoms with Crippen molar-refractivity contribution in [1.29, 1.82) is 0 Å². The van der Waals surface area contributed by atoms with Crippen molar-refractivity contribution in [2.24, 2.45) is 17.6 Å². The minimum absolute atomic E-state index is 0.103. The highest BCUT2D eigenvalue weighted by atomic mass is 79.9. The van der Waals surface area contributed by atoms with Crippen LogP contribution in [-0.2, 0) is 11.3 Å². The normalized spacial score (nSPS) is 26.9. The van der Waals surface area contributed by atoms with E-state index in [0.29, 0.717) is 13.2 Å². The number of hydrogen-bond donors (Lipinski definition) is 1. The van der Waals surface area contributed by atoms with Crippen LogP contribution in [0.25, 0.3) is 0 Å². The number of hydrogen-bond acceptors (Lipinski definition) is 2. The van der Waals surface area contributed by atoms with E-state index in [0.717, 1.165) is 29.2 Å². The van der Waals surface area contributed by atoms with Gasteiger partial charge in [-0.2, -0.15) is 0 Å². The highest BCUT2D eigenvalue weighted by Crippen LogP contribution is 2.38. The topological polar surface area (TPSA) is 35.2 Å². The monoisotopic (exact) mass is 339 g/mol. The smallest absolute Gasteiger partial charge is 0.0808 e. The van der Waals surface area contributed by atoms with Crippen LogP contribution in [0.3, 0.4) is 0 Å². The Morgan fingerprint density at radius 1 is 1.35 bits per heavy atom. The van der Waals surface area contributed by atoms with Crippen molar-refractivity contribution in [3.63, 3.8) is 0 Å². The van der Waals surface area contributed by atoms with Gasteiger partial charge in [0, 0.05) is 11.0 Å². The van der Waals surface area contributed by atoms with Crippen LogP contribution in [-0.4, -0.2) is 12.1 Å². The van der Waals surface area contributed by atoms with Gasteiger partial charge in [0.15, 0.2) is 0 Å². The molecule has 2 N–H and O–H groups in total. The number of nitrogens with two attached hydrogens (primary N) is 1. The molecule has 0 amide bonds. The molecule has 0 spiro atoms. The Kier molecular flexibility index (Phi) is 5.65. The SMILES string of the molecule is CC(C)C1CCC(CN)(OCc2cccc(Br)c2)CC1. The first-order chi connectivity index (χ1) is 9.54. The molecule has 1 aliphatic carbocycles. The third-order valence-electron chi connectivity index (χ3n) is 4.69. The Balaban J connectivity index is 1.92. The highest BCUT2D eigenvalue weighted by Gasteiger charge is 2.35. The number of benzene rings is 1. The second kappa shape index (κ2) is 7.06. The molecule has 0 heterocycles. The van der Waals surface area contributed by atoms with E-state index < -0.39 is 0 Å². The molecule has 3 heteroatoms. The van der Waals surface area contributed by atoms with Crippen LogP contribution >= 0.6 is 15.9 Å². The van der Waals surface area contributed by atoms with E-state index in [1.54, 1.807) is 0 Å². The molecule has 20 heavy (non-hydrogen) atoms. The van der Waals surface area contributed by atoms with E-state index in [4.69, 9.17) is 10.5 Å². The average Bonchev–Trinajstić information content (AvgIpc) is 2.45. The van der Waals surface area contributed by atoms with E-state index >= 15 is 0 Å². The second-order valence-electron chi connectivity index (χ2n) is 6.39. The lowest BCUT2D eigenvalue weighted by Gasteiger charge is -2.40. The molecule has 0 aromatic heterocycles. The van der Waals surface area contributed by atoms with Crippen LogP contribution in [0.2, 0.25) is 0 Å². The third kappa shape index (κ3) is 4.06. The minimum Gasteiger partial charge on any atom is -0.369 e. The molecular formula is C17H26BrNO. The first-order valence-electron chi connectivity index (χ1n) is 7.63. The molecular weight excluding hydrogens is 314 g/mol. The summed E-state index contributed by atoms with van der Waals surface area (Å²) in [6, 6.07) is 8.31. The molecule has 0 aliphatic heterocycles. The molecule has 2 nitrogen and oxygen atoms in total. The fourth-order valence-electron chi connectivity index (χ4n) is 3.10. The number of halogens is 1. The Labute approximate surface area is 131 Å². The van der Waals surface area contributed by atoms with Gasteiger partial charge in [0.25, 0.3) is 0 Å². The largest absolute Gasteiger partial charge is 0.369 e. The van der Waals surface area contributed by atoms with Crippen molar-refractivity contribution in [3.8, 4) is 0 Å². The lowest BCUT2D eigenvalue weighted by Crippen LogP contribution is -2.44. The summed E-state index contributed by atoms with van der Waals surface area (Å²) in [6.45, 7) is 5.93. The summed E-state index contributed by atoms with van der Waals surface area (Å²) in [5.41, 5.74) is 7.12. The molecule has 1 aliphatic rings. The zero-order chi connectivity index (χ0) is 14.6. The van der Waals surface area contributed by atoms with Crippen LogP contribution in [0.4, 0.5) is 0 Å². The van der Waals surface area contributed by atoms with Crippen LogP contribution in [0.1, 0.15) is 45.1 Å². The summed E-state index contributed by atoms with van der Waals surface area (Å²) >= 11 is 3.50. The van der Waals surface area contributed by atoms with E-state index in [9.17, 15) is 0 Å². The molecule has 0 atom stereocenters. The maximum atomic E-state index is 6.24. The van der Waals surface area contributed by atoms with Crippen LogP contribution in [0, 0.1) is 11.8 Å². The molecule has 112 valence electrons. The molecule has 0 radical (unpaired) electrons. The maximum absolute atomic E-state index is 6.24. The molecule has 0 unspecified atom stereocenters. The summed E-state index contributed by atoms with van der Waals surface area (Å²) in [5, 5.41) is 0. The van der Waals surface area contributed by atoms with Crippen molar-refractivity contribution >= 4 is 15.9 Å². The molecule has 1 aromatic rings. The van der Waals surface area contributed by atoms with Gasteiger partial charge in [-0.1, -0.05) is 41.9 Å². The van der Waals surface area contributed by atoms with Gasteiger partial charge >= 0.3 is 0 Å². The van der Waals surface area contributed by atoms with E-state index in [1.165, 1.54) is 18.4 Å². The lowest BCUT2D eigenvalue weighted by molar-refractivity contribution is -0.0841. The Bertz CT molecular complexity index is 425. The van der Waals surface area contributed by atoms with Crippen molar-refractivity contribution < 1.29 is 4.74 Å². The predicted molar refractivity (Wildman–Crippen MR) is 87.5 cm³/mol. The van der Waals surface area contributed by atoms with Crippen LogP contribution in [0.15, 0.2) is 28.7 Å². The van der Waals surface area contributed by atoms with Gasteiger partial charge in [0.1, 0.15) is 0 Å². The molecule has 0 saturated heterocycles. The number of ether oxygens (including phenoxy) is 1. The summed E-state index contributed by atoms with van der Waals surface area (Å²) in [4.78, 5) is 0. The summed E-state index contributed by atoms with van der Waals surface area (Å²) in [7, 11) is 0. The fourth-order valence-corrected chi connectivity index (χ4v) is 3.55. The van der Waals surface area contributed by atoms with E-state index in [-0.39, 0.29) is 5.60 Å². The lowest BCUT2D eigenvalue weighted by atomic mass is 9.74.